The second kappa shape index (κ2) is 36.8. The van der Waals surface area contributed by atoms with E-state index in [1.807, 2.05) is 0 Å². The van der Waals surface area contributed by atoms with Gasteiger partial charge >= 0.3 is 0 Å². The third-order valence-electron chi connectivity index (χ3n) is 31.0. The highest BCUT2D eigenvalue weighted by molar-refractivity contribution is 5.86. The Hall–Kier alpha value is -15.4. The second-order valence-corrected chi connectivity index (χ2v) is 39.3. The Morgan fingerprint density at radius 3 is 0.329 bits per heavy atom. The number of aromatic amines is 10. The Balaban J connectivity index is 0.000000104. The van der Waals surface area contributed by atoms with Gasteiger partial charge in [-0.1, -0.05) is 0 Å². The summed E-state index contributed by atoms with van der Waals surface area (Å²) in [6.45, 7) is 43.0. The van der Waals surface area contributed by atoms with Gasteiger partial charge < -0.3 is 49.8 Å². The topological polar surface area (TPSA) is 287 Å². The Bertz CT molecular complexity index is 7860. The molecule has 15 aromatic heterocycles. The fraction of sp³-hybridized carbons (Fsp3) is 0.267. The van der Waals surface area contributed by atoms with Crippen LogP contribution < -0.4 is 0 Å². The first-order chi connectivity index (χ1) is 67.5. The molecule has 0 unspecified atom stereocenters. The van der Waals surface area contributed by atoms with Crippen LogP contribution >= 0.6 is 0 Å². The summed E-state index contributed by atoms with van der Waals surface area (Å²) in [6.07, 6.45) is 28.7. The maximum Gasteiger partial charge on any atom is 0.0687 e. The monoisotopic (exact) mass is 1840 g/mol. The van der Waals surface area contributed by atoms with Crippen LogP contribution in [0, 0.1) is 138 Å². The van der Waals surface area contributed by atoms with Gasteiger partial charge in [-0.3, -0.25) is 29.9 Å². The standard InChI is InChI=1S/C24H26N4.4C24H24N4/c5*1-13-17-5-7-19(25-17)14(2)21-9-11-23(27-21)16(4)24-12-10-22(28-24)15(3)20-8-6-18(13)26-20/h5,7,10,12,25,28H,6,8-9,11H2,1-4H3;3*5-9,11,26-27H,10,12H2,1-4H3;5-9,11,25-26H,10,12H2,1-4H3. The molecule has 20 heteroatoms. The van der Waals surface area contributed by atoms with Gasteiger partial charge in [0.25, 0.3) is 0 Å². The summed E-state index contributed by atoms with van der Waals surface area (Å²) >= 11 is 0. The first-order valence-electron chi connectivity index (χ1n) is 49.5. The van der Waals surface area contributed by atoms with Gasteiger partial charge in [-0.25, -0.2) is 19.9 Å². The summed E-state index contributed by atoms with van der Waals surface area (Å²) in [5.74, 6) is 0. The number of aromatic nitrogens is 20. The van der Waals surface area contributed by atoms with Crippen molar-refractivity contribution >= 4 is 159 Å². The average Bonchev–Trinajstić information content (AvgIpc) is 1.66. The molecule has 10 aliphatic rings. The number of fused-ring (bicyclic) bond motifs is 40. The summed E-state index contributed by atoms with van der Waals surface area (Å²) in [6, 6.07) is 43.1. The molecule has 0 aromatic carbocycles. The van der Waals surface area contributed by atoms with Crippen molar-refractivity contribution in [3.8, 4) is 0 Å². The van der Waals surface area contributed by atoms with E-state index >= 15 is 0 Å². The predicted octanol–water partition coefficient (Wildman–Crippen LogP) is 27.1. The lowest BCUT2D eigenvalue weighted by molar-refractivity contribution is 1.00. The zero-order chi connectivity index (χ0) is 97.1. The van der Waals surface area contributed by atoms with E-state index < -0.39 is 0 Å². The lowest BCUT2D eigenvalue weighted by Gasteiger charge is -1.97. The maximum atomic E-state index is 5.00. The molecular weight excluding hydrogens is 1720 g/mol. The number of hydrogen-bond acceptors (Lipinski definition) is 10. The van der Waals surface area contributed by atoms with Gasteiger partial charge in [-0.2, -0.15) is 0 Å². The summed E-state index contributed by atoms with van der Waals surface area (Å²) in [7, 11) is 0. The first-order valence-corrected chi connectivity index (χ1v) is 49.5. The fourth-order valence-corrected chi connectivity index (χ4v) is 20.7. The van der Waals surface area contributed by atoms with Crippen LogP contribution in [-0.2, 0) is 77.0 Å². The van der Waals surface area contributed by atoms with E-state index in [9.17, 15) is 0 Å². The largest absolute Gasteiger partial charge is 0.355 e. The Morgan fingerprint density at radius 1 is 0.114 bits per heavy atom. The van der Waals surface area contributed by atoms with Crippen molar-refractivity contribution in [3.63, 3.8) is 0 Å². The van der Waals surface area contributed by atoms with E-state index in [4.69, 9.17) is 49.8 Å². The van der Waals surface area contributed by atoms with Crippen LogP contribution in [0.5, 0.6) is 0 Å². The Labute approximate surface area is 815 Å². The number of rotatable bonds is 0. The third kappa shape index (κ3) is 17.2. The van der Waals surface area contributed by atoms with Crippen LogP contribution in [-0.4, -0.2) is 99.7 Å². The molecule has 25 rings (SSSR count). The lowest BCUT2D eigenvalue weighted by Crippen LogP contribution is -1.89. The zero-order valence-corrected chi connectivity index (χ0v) is 84.1. The van der Waals surface area contributed by atoms with Crippen molar-refractivity contribution in [2.45, 2.75) is 216 Å². The van der Waals surface area contributed by atoms with E-state index in [2.05, 4.69) is 358 Å². The smallest absolute Gasteiger partial charge is 0.0687 e. The molecule has 40 bridgehead atoms. The normalized spacial score (nSPS) is 13.4. The molecule has 0 aliphatic carbocycles. The molecule has 140 heavy (non-hydrogen) atoms. The molecule has 15 aromatic rings. The molecule has 10 N–H and O–H groups in total. The summed E-state index contributed by atoms with van der Waals surface area (Å²) in [4.78, 5) is 85.3. The first kappa shape index (κ1) is 91.0. The van der Waals surface area contributed by atoms with Gasteiger partial charge in [0.15, 0.2) is 0 Å². The molecule has 0 fully saturated rings. The minimum absolute atomic E-state index is 0.974. The maximum absolute atomic E-state index is 5.00. The summed E-state index contributed by atoms with van der Waals surface area (Å²) in [5.41, 5.74) is 68.8. The number of hydrogen-bond donors (Lipinski definition) is 10. The number of nitrogens with one attached hydrogen (secondary N) is 10. The Morgan fingerprint density at radius 2 is 0.207 bits per heavy atom. The summed E-state index contributed by atoms with van der Waals surface area (Å²) in [5, 5.41) is 0. The second-order valence-electron chi connectivity index (χ2n) is 39.3. The molecule has 0 spiro atoms. The van der Waals surface area contributed by atoms with Crippen LogP contribution in [0.4, 0.5) is 0 Å². The van der Waals surface area contributed by atoms with Crippen LogP contribution in [0.1, 0.15) is 225 Å². The van der Waals surface area contributed by atoms with Crippen LogP contribution in [0.2, 0.25) is 0 Å². The van der Waals surface area contributed by atoms with Crippen molar-refractivity contribution in [1.29, 1.82) is 0 Å². The van der Waals surface area contributed by atoms with Crippen LogP contribution in [0.25, 0.3) is 159 Å². The minimum atomic E-state index is 0.974. The highest BCUT2D eigenvalue weighted by atomic mass is 14.9. The molecule has 20 nitrogen and oxygen atoms in total. The molecule has 25 heterocycles. The van der Waals surface area contributed by atoms with Crippen molar-refractivity contribution in [2.75, 3.05) is 0 Å². The average molecular weight is 1840 g/mol. The van der Waals surface area contributed by atoms with Gasteiger partial charge in [-0.05, 0) is 497 Å². The van der Waals surface area contributed by atoms with Crippen molar-refractivity contribution in [1.82, 2.24) is 99.7 Å². The van der Waals surface area contributed by atoms with Gasteiger partial charge in [0, 0.05) is 179 Å². The molecule has 0 saturated carbocycles. The molecule has 0 radical (unpaired) electrons. The Kier molecular flexibility index (Phi) is 23.9. The fourth-order valence-electron chi connectivity index (χ4n) is 20.7. The molecule has 0 saturated heterocycles. The van der Waals surface area contributed by atoms with E-state index in [0.717, 1.165) is 278 Å². The highest BCUT2D eigenvalue weighted by Gasteiger charge is 2.24. The van der Waals surface area contributed by atoms with E-state index in [-0.39, 0.29) is 0 Å². The van der Waals surface area contributed by atoms with E-state index in [0.29, 0.717) is 0 Å². The highest BCUT2D eigenvalue weighted by Crippen LogP contribution is 2.35. The molecular formula is C120H122N20. The number of H-pyrrole nitrogens is 10. The summed E-state index contributed by atoms with van der Waals surface area (Å²) < 4.78 is 0. The lowest BCUT2D eigenvalue weighted by atomic mass is 10.1. The van der Waals surface area contributed by atoms with E-state index in [1.165, 1.54) is 135 Å². The quantitative estimate of drug-likeness (QED) is 0.0685. The van der Waals surface area contributed by atoms with Crippen LogP contribution in [0.3, 0.4) is 0 Å². The third-order valence-corrected chi connectivity index (χ3v) is 31.0. The van der Waals surface area contributed by atoms with Gasteiger partial charge in [0.1, 0.15) is 0 Å². The molecule has 0 amide bonds. The van der Waals surface area contributed by atoms with Crippen molar-refractivity contribution in [2.24, 2.45) is 0 Å². The number of aryl methyl sites for hydroxylation is 31. The predicted molar refractivity (Wildman–Crippen MR) is 580 cm³/mol. The molecule has 0 atom stereocenters. The van der Waals surface area contributed by atoms with Crippen LogP contribution in [0.15, 0.2) is 121 Å². The van der Waals surface area contributed by atoms with Gasteiger partial charge in [-0.15, -0.1) is 0 Å². The minimum Gasteiger partial charge on any atom is -0.355 e. The zero-order valence-electron chi connectivity index (χ0n) is 84.1. The van der Waals surface area contributed by atoms with Gasteiger partial charge in [0.2, 0.25) is 0 Å². The molecule has 10 aliphatic heterocycles. The molecule has 702 valence electrons. The number of nitrogens with zero attached hydrogens (tertiary/aromatic N) is 10. The van der Waals surface area contributed by atoms with Crippen molar-refractivity contribution < 1.29 is 0 Å². The van der Waals surface area contributed by atoms with Gasteiger partial charge in [0.05, 0.1) is 45.6 Å². The SMILES string of the molecule is Cc1c2nc(c(C)c3ccc([nH]3)c(C)c3ccc([nH]3)c(C)c3nc1CC3)C=C2.Cc1c2nc(c(C)c3ccc([nH]3)c(C)c3nc(c(C)c4ccc1[nH]4)CC3)C=C2.Cc1c2nc(c(C)c3ccc([nH]3)c(C)c3nc(c(C)c4ccc1[nH]4)CC3)C=C2.Cc1c2nc(c(C)c3ccc([nH]3)c(C)c3nc(c(C)c4ccc1[nH]4)CC3)C=C2.Cc1c2nc(c(C)c3ccc([nH]3)c(C)c3nc(c(C)c4ccc1[nH]4)CC3)CC2. The van der Waals surface area contributed by atoms with E-state index in [1.54, 1.807) is 0 Å². The van der Waals surface area contributed by atoms with Crippen molar-refractivity contribution in [3.05, 3.63) is 346 Å².